The van der Waals surface area contributed by atoms with Crippen LogP contribution in [0.5, 0.6) is 0 Å². The fourth-order valence-corrected chi connectivity index (χ4v) is 3.66. The highest BCUT2D eigenvalue weighted by atomic mass is 35.5. The number of nitrogens with zero attached hydrogens (tertiary/aromatic N) is 6. The molecule has 0 saturated carbocycles. The Kier molecular flexibility index (Phi) is 8.36. The molecule has 0 aromatic carbocycles. The second kappa shape index (κ2) is 10.8. The van der Waals surface area contributed by atoms with E-state index in [0.29, 0.717) is 43.0 Å². The molecule has 34 heavy (non-hydrogen) atoms. The average molecular weight is 491 g/mol. The van der Waals surface area contributed by atoms with Crippen molar-refractivity contribution in [3.63, 3.8) is 0 Å². The summed E-state index contributed by atoms with van der Waals surface area (Å²) in [5, 5.41) is 0.165. The molecule has 4 aromatic rings. The molecule has 182 valence electrons. The van der Waals surface area contributed by atoms with Gasteiger partial charge in [-0.2, -0.15) is 4.98 Å². The van der Waals surface area contributed by atoms with E-state index in [1.54, 1.807) is 23.6 Å². The number of H-pyrrole nitrogens is 2. The van der Waals surface area contributed by atoms with Crippen molar-refractivity contribution >= 4 is 33.9 Å². The number of nitrogens with one attached hydrogen (secondary N) is 2. The Bertz CT molecular complexity index is 1580. The Balaban J connectivity index is 0.000000234. The SMILES string of the molecule is C.C=CCn1c(Cl)nc2c1c(=O)[nH]c(=O)n2CC.C=CCn1cnc2c1c(=O)[nH]c(=O)n2CC. The lowest BCUT2D eigenvalue weighted by Gasteiger charge is -2.03. The van der Waals surface area contributed by atoms with Crippen LogP contribution in [0.4, 0.5) is 0 Å². The van der Waals surface area contributed by atoms with Gasteiger partial charge in [-0.05, 0) is 25.4 Å². The molecular weight excluding hydrogens is 464 g/mol. The quantitative estimate of drug-likeness (QED) is 0.309. The van der Waals surface area contributed by atoms with Crippen molar-refractivity contribution < 1.29 is 0 Å². The predicted octanol–water partition coefficient (Wildman–Crippen LogP) is 1.47. The van der Waals surface area contributed by atoms with Gasteiger partial charge >= 0.3 is 11.4 Å². The highest BCUT2D eigenvalue weighted by Crippen LogP contribution is 2.15. The van der Waals surface area contributed by atoms with E-state index in [4.69, 9.17) is 11.6 Å². The van der Waals surface area contributed by atoms with Crippen molar-refractivity contribution in [2.45, 2.75) is 47.5 Å². The molecule has 0 saturated heterocycles. The highest BCUT2D eigenvalue weighted by Gasteiger charge is 2.16. The first-order valence-electron chi connectivity index (χ1n) is 10.1. The summed E-state index contributed by atoms with van der Waals surface area (Å²) in [4.78, 5) is 59.1. The maximum absolute atomic E-state index is 11.8. The van der Waals surface area contributed by atoms with Crippen molar-refractivity contribution in [3.8, 4) is 0 Å². The summed E-state index contributed by atoms with van der Waals surface area (Å²) in [6.45, 7) is 12.5. The lowest BCUT2D eigenvalue weighted by molar-refractivity contribution is 0.718. The van der Waals surface area contributed by atoms with Crippen LogP contribution in [-0.4, -0.2) is 38.2 Å². The molecule has 12 nitrogen and oxygen atoms in total. The van der Waals surface area contributed by atoms with Crippen molar-refractivity contribution in [1.29, 1.82) is 0 Å². The zero-order chi connectivity index (χ0) is 24.3. The fraction of sp³-hybridized carbons (Fsp3) is 0.333. The number of hydrogen-bond acceptors (Lipinski definition) is 6. The lowest BCUT2D eigenvalue weighted by atomic mass is 10.5. The molecule has 0 aliphatic rings. The molecule has 4 rings (SSSR count). The minimum atomic E-state index is -0.490. The molecule has 0 radical (unpaired) electrons. The Morgan fingerprint density at radius 2 is 1.41 bits per heavy atom. The van der Waals surface area contributed by atoms with Crippen LogP contribution in [0.2, 0.25) is 5.28 Å². The third-order valence-electron chi connectivity index (χ3n) is 4.86. The average Bonchev–Trinajstić information content (AvgIpc) is 3.32. The van der Waals surface area contributed by atoms with Gasteiger partial charge in [-0.3, -0.25) is 28.7 Å². The molecule has 0 spiro atoms. The summed E-state index contributed by atoms with van der Waals surface area (Å²) in [7, 11) is 0. The van der Waals surface area contributed by atoms with Gasteiger partial charge in [0.25, 0.3) is 11.1 Å². The Hall–Kier alpha value is -3.93. The number of fused-ring (bicyclic) bond motifs is 2. The van der Waals surface area contributed by atoms with Gasteiger partial charge in [0.2, 0.25) is 5.28 Å². The topological polar surface area (TPSA) is 145 Å². The van der Waals surface area contributed by atoms with Crippen molar-refractivity contribution in [3.05, 3.63) is 78.6 Å². The van der Waals surface area contributed by atoms with Crippen LogP contribution in [0.25, 0.3) is 22.3 Å². The van der Waals surface area contributed by atoms with Crippen molar-refractivity contribution in [2.24, 2.45) is 0 Å². The molecule has 0 bridgehead atoms. The van der Waals surface area contributed by atoms with Crippen LogP contribution in [0, 0.1) is 0 Å². The van der Waals surface area contributed by atoms with Gasteiger partial charge in [0.05, 0.1) is 6.33 Å². The lowest BCUT2D eigenvalue weighted by Crippen LogP contribution is -2.30. The fourth-order valence-electron chi connectivity index (χ4n) is 3.43. The molecule has 0 amide bonds. The molecule has 0 aliphatic carbocycles. The molecule has 0 atom stereocenters. The first kappa shape index (κ1) is 26.3. The van der Waals surface area contributed by atoms with Gasteiger partial charge in [0.1, 0.15) is 0 Å². The van der Waals surface area contributed by atoms with E-state index in [2.05, 4.69) is 33.1 Å². The zero-order valence-electron chi connectivity index (χ0n) is 18.2. The Labute approximate surface area is 198 Å². The monoisotopic (exact) mass is 490 g/mol. The standard InChI is InChI=1S/C10H11ClN4O2.C10H12N4O2.CH4/c1-3-5-15-6-7(12-9(15)11)14(4-2)10(17)13-8(6)16;1-3-5-13-6-11-8-7(13)9(15)12-10(16)14(8)4-2;/h3H,1,4-5H2,2H3,(H,13,16,17);3,6H,1,4-5H2,2H3,(H,12,15,16);1H4. The number of imidazole rings is 2. The Morgan fingerprint density at radius 1 is 0.882 bits per heavy atom. The van der Waals surface area contributed by atoms with Gasteiger partial charge in [-0.15, -0.1) is 13.2 Å². The van der Waals surface area contributed by atoms with Crippen molar-refractivity contribution in [2.75, 3.05) is 0 Å². The van der Waals surface area contributed by atoms with E-state index in [-0.39, 0.29) is 18.2 Å². The smallest absolute Gasteiger partial charge is 0.321 e. The van der Waals surface area contributed by atoms with Crippen LogP contribution >= 0.6 is 11.6 Å². The van der Waals surface area contributed by atoms with E-state index < -0.39 is 22.5 Å². The molecular formula is C21H27ClN8O4. The van der Waals surface area contributed by atoms with E-state index in [1.807, 2.05) is 6.92 Å². The number of aromatic amines is 2. The number of halogens is 1. The first-order chi connectivity index (χ1) is 15.8. The second-order valence-corrected chi connectivity index (χ2v) is 7.16. The normalized spacial score (nSPS) is 10.6. The minimum absolute atomic E-state index is 0. The second-order valence-electron chi connectivity index (χ2n) is 6.82. The molecule has 4 aromatic heterocycles. The van der Waals surface area contributed by atoms with E-state index in [9.17, 15) is 19.2 Å². The number of aryl methyl sites for hydroxylation is 2. The highest BCUT2D eigenvalue weighted by molar-refractivity contribution is 6.29. The molecule has 0 fully saturated rings. The van der Waals surface area contributed by atoms with E-state index in [0.717, 1.165) is 0 Å². The Morgan fingerprint density at radius 3 is 1.94 bits per heavy atom. The van der Waals surface area contributed by atoms with Crippen molar-refractivity contribution in [1.82, 2.24) is 38.2 Å². The van der Waals surface area contributed by atoms with E-state index in [1.165, 1.54) is 20.0 Å². The minimum Gasteiger partial charge on any atom is -0.321 e. The van der Waals surface area contributed by atoms with Crippen LogP contribution in [0.1, 0.15) is 21.3 Å². The van der Waals surface area contributed by atoms with Gasteiger partial charge in [-0.1, -0.05) is 19.6 Å². The summed E-state index contributed by atoms with van der Waals surface area (Å²) in [6.07, 6.45) is 4.81. The maximum atomic E-state index is 11.8. The van der Waals surface area contributed by atoms with Crippen LogP contribution in [0.15, 0.2) is 50.8 Å². The van der Waals surface area contributed by atoms with Gasteiger partial charge in [-0.25, -0.2) is 14.6 Å². The number of aromatic nitrogens is 8. The van der Waals surface area contributed by atoms with Gasteiger partial charge < -0.3 is 9.13 Å². The summed E-state index contributed by atoms with van der Waals surface area (Å²) in [6, 6.07) is 0. The number of hydrogen-bond donors (Lipinski definition) is 2. The largest absolute Gasteiger partial charge is 0.330 e. The maximum Gasteiger partial charge on any atom is 0.330 e. The van der Waals surface area contributed by atoms with Gasteiger partial charge in [0, 0.05) is 26.2 Å². The van der Waals surface area contributed by atoms with E-state index >= 15 is 0 Å². The van der Waals surface area contributed by atoms with Crippen LogP contribution < -0.4 is 22.5 Å². The number of rotatable bonds is 6. The first-order valence-corrected chi connectivity index (χ1v) is 10.4. The molecule has 13 heteroatoms. The third-order valence-corrected chi connectivity index (χ3v) is 5.15. The predicted molar refractivity (Wildman–Crippen MR) is 133 cm³/mol. The summed E-state index contributed by atoms with van der Waals surface area (Å²) in [5.41, 5.74) is -0.405. The zero-order valence-corrected chi connectivity index (χ0v) is 18.9. The molecule has 2 N–H and O–H groups in total. The molecule has 4 heterocycles. The molecule has 0 unspecified atom stereocenters. The van der Waals surface area contributed by atoms with Gasteiger partial charge in [0.15, 0.2) is 22.3 Å². The summed E-state index contributed by atoms with van der Waals surface area (Å²) >= 11 is 5.94. The summed E-state index contributed by atoms with van der Waals surface area (Å²) < 4.78 is 5.96. The van der Waals surface area contributed by atoms with Crippen LogP contribution in [0.3, 0.4) is 0 Å². The third kappa shape index (κ3) is 4.57. The summed E-state index contributed by atoms with van der Waals surface area (Å²) in [5.74, 6) is 0. The van der Waals surface area contributed by atoms with Crippen LogP contribution in [-0.2, 0) is 26.2 Å². The molecule has 0 aliphatic heterocycles. The number of allylic oxidation sites excluding steroid dienone is 2.